The van der Waals surface area contributed by atoms with Gasteiger partial charge in [0, 0.05) is 0 Å². The number of nitro benzene ring substituents is 1. The number of H-pyrrole nitrogens is 1. The van der Waals surface area contributed by atoms with Gasteiger partial charge in [-0.2, -0.15) is 5.10 Å². The Morgan fingerprint density at radius 3 is 2.82 bits per heavy atom. The van der Waals surface area contributed by atoms with Crippen molar-refractivity contribution in [3.8, 4) is 17.1 Å². The van der Waals surface area contributed by atoms with Gasteiger partial charge in [-0.1, -0.05) is 0 Å². The minimum atomic E-state index is -0.746. The van der Waals surface area contributed by atoms with Crippen LogP contribution in [-0.4, -0.2) is 27.2 Å². The molecule has 0 bridgehead atoms. The third-order valence-electron chi connectivity index (χ3n) is 2.11. The van der Waals surface area contributed by atoms with Gasteiger partial charge in [-0.3, -0.25) is 15.2 Å². The molecule has 7 nitrogen and oxygen atoms in total. The van der Waals surface area contributed by atoms with Gasteiger partial charge in [0.25, 0.3) is 0 Å². The molecule has 0 aliphatic carbocycles. The lowest BCUT2D eigenvalue weighted by Gasteiger charge is -2.06. The molecule has 0 amide bonds. The van der Waals surface area contributed by atoms with Crippen LogP contribution in [0.3, 0.4) is 0 Å². The first-order valence-corrected chi connectivity index (χ1v) is 4.51. The molecule has 8 heteroatoms. The Labute approximate surface area is 94.4 Å². The van der Waals surface area contributed by atoms with Crippen LogP contribution in [0.1, 0.15) is 0 Å². The number of hydrogen-bond donors (Lipinski definition) is 1. The smallest absolute Gasteiger partial charge is 0.314 e. The molecular formula is C9H7FN4O3. The van der Waals surface area contributed by atoms with E-state index in [1.54, 1.807) is 0 Å². The predicted molar refractivity (Wildman–Crippen MR) is 55.0 cm³/mol. The maximum absolute atomic E-state index is 13.3. The number of ether oxygens (including phenoxy) is 1. The fourth-order valence-electron chi connectivity index (χ4n) is 1.44. The highest BCUT2D eigenvalue weighted by Gasteiger charge is 2.23. The van der Waals surface area contributed by atoms with Crippen molar-refractivity contribution in [2.75, 3.05) is 7.11 Å². The van der Waals surface area contributed by atoms with Crippen molar-refractivity contribution < 1.29 is 14.1 Å². The zero-order valence-corrected chi connectivity index (χ0v) is 8.68. The first-order chi connectivity index (χ1) is 8.13. The molecule has 2 aromatic rings. The largest absolute Gasteiger partial charge is 0.490 e. The van der Waals surface area contributed by atoms with E-state index >= 15 is 0 Å². The Morgan fingerprint density at radius 2 is 2.29 bits per heavy atom. The van der Waals surface area contributed by atoms with E-state index in [0.717, 1.165) is 12.1 Å². The van der Waals surface area contributed by atoms with Crippen LogP contribution in [0, 0.1) is 15.9 Å². The summed E-state index contributed by atoms with van der Waals surface area (Å²) in [5, 5.41) is 16.9. The number of aromatic nitrogens is 3. The maximum Gasteiger partial charge on any atom is 0.314 e. The van der Waals surface area contributed by atoms with Crippen molar-refractivity contribution in [3.05, 3.63) is 34.4 Å². The Bertz CT molecular complexity index is 556. The topological polar surface area (TPSA) is 93.9 Å². The van der Waals surface area contributed by atoms with Gasteiger partial charge in [0.05, 0.1) is 23.7 Å². The van der Waals surface area contributed by atoms with E-state index in [-0.39, 0.29) is 17.1 Å². The van der Waals surface area contributed by atoms with Crippen LogP contribution in [0.4, 0.5) is 10.1 Å². The summed E-state index contributed by atoms with van der Waals surface area (Å²) in [6, 6.07) is 1.88. The normalized spacial score (nSPS) is 10.2. The Morgan fingerprint density at radius 1 is 1.53 bits per heavy atom. The number of rotatable bonds is 3. The molecule has 0 saturated carbocycles. The molecule has 0 atom stereocenters. The van der Waals surface area contributed by atoms with Gasteiger partial charge in [-0.15, -0.1) is 0 Å². The molecule has 17 heavy (non-hydrogen) atoms. The monoisotopic (exact) mass is 238 g/mol. The second kappa shape index (κ2) is 4.16. The minimum Gasteiger partial charge on any atom is -0.490 e. The lowest BCUT2D eigenvalue weighted by atomic mass is 10.1. The van der Waals surface area contributed by atoms with E-state index in [1.807, 2.05) is 0 Å². The second-order valence-electron chi connectivity index (χ2n) is 3.10. The fourth-order valence-corrected chi connectivity index (χ4v) is 1.44. The van der Waals surface area contributed by atoms with Crippen LogP contribution in [0.15, 0.2) is 18.5 Å². The molecule has 0 fully saturated rings. The third-order valence-corrected chi connectivity index (χ3v) is 2.11. The quantitative estimate of drug-likeness (QED) is 0.646. The van der Waals surface area contributed by atoms with Crippen molar-refractivity contribution >= 4 is 5.69 Å². The van der Waals surface area contributed by atoms with E-state index in [9.17, 15) is 14.5 Å². The molecule has 0 saturated heterocycles. The lowest BCUT2D eigenvalue weighted by Crippen LogP contribution is -1.98. The molecule has 0 radical (unpaired) electrons. The van der Waals surface area contributed by atoms with Crippen molar-refractivity contribution in [1.29, 1.82) is 0 Å². The van der Waals surface area contributed by atoms with Gasteiger partial charge in [0.2, 0.25) is 5.75 Å². The number of nitrogens with one attached hydrogen (secondary N) is 1. The first-order valence-electron chi connectivity index (χ1n) is 4.51. The molecule has 1 aromatic heterocycles. The van der Waals surface area contributed by atoms with Crippen LogP contribution in [-0.2, 0) is 0 Å². The summed E-state index contributed by atoms with van der Waals surface area (Å²) in [4.78, 5) is 13.8. The number of nitro groups is 1. The second-order valence-corrected chi connectivity index (χ2v) is 3.10. The minimum absolute atomic E-state index is 0.0619. The fraction of sp³-hybridized carbons (Fsp3) is 0.111. The van der Waals surface area contributed by atoms with Crippen LogP contribution in [0.25, 0.3) is 11.4 Å². The zero-order chi connectivity index (χ0) is 12.4. The van der Waals surface area contributed by atoms with Gasteiger partial charge in [-0.05, 0) is 6.07 Å². The van der Waals surface area contributed by atoms with Crippen LogP contribution < -0.4 is 4.74 Å². The average molecular weight is 238 g/mol. The molecule has 0 aliphatic heterocycles. The van der Waals surface area contributed by atoms with Gasteiger partial charge in [-0.25, -0.2) is 9.37 Å². The van der Waals surface area contributed by atoms with E-state index < -0.39 is 16.4 Å². The maximum atomic E-state index is 13.3. The third kappa shape index (κ3) is 1.92. The Kier molecular flexibility index (Phi) is 2.69. The lowest BCUT2D eigenvalue weighted by molar-refractivity contribution is -0.385. The standard InChI is InChI=1S/C9H7FN4O3/c1-17-8-6(9-11-4-12-13-9)2-5(10)3-7(8)14(15)16/h2-4H,1H3,(H,11,12,13). The summed E-state index contributed by atoms with van der Waals surface area (Å²) >= 11 is 0. The molecule has 1 aromatic carbocycles. The van der Waals surface area contributed by atoms with Crippen LogP contribution in [0.2, 0.25) is 0 Å². The Balaban J connectivity index is 2.70. The number of halogens is 1. The van der Waals surface area contributed by atoms with Crippen molar-refractivity contribution in [3.63, 3.8) is 0 Å². The summed E-state index contributed by atoms with van der Waals surface area (Å²) in [6.07, 6.45) is 1.21. The molecule has 1 N–H and O–H groups in total. The number of nitrogens with zero attached hydrogens (tertiary/aromatic N) is 3. The molecule has 88 valence electrons. The first kappa shape index (κ1) is 11.0. The predicted octanol–water partition coefficient (Wildman–Crippen LogP) is 1.53. The van der Waals surface area contributed by atoms with E-state index in [1.165, 1.54) is 13.4 Å². The highest BCUT2D eigenvalue weighted by Crippen LogP contribution is 2.36. The van der Waals surface area contributed by atoms with Gasteiger partial charge in [0.1, 0.15) is 12.1 Å². The molecule has 0 aliphatic rings. The van der Waals surface area contributed by atoms with Crippen molar-refractivity contribution in [2.45, 2.75) is 0 Å². The molecular weight excluding hydrogens is 231 g/mol. The number of aromatic amines is 1. The summed E-state index contributed by atoms with van der Waals surface area (Å²) in [5.41, 5.74) is -0.310. The highest BCUT2D eigenvalue weighted by atomic mass is 19.1. The highest BCUT2D eigenvalue weighted by molar-refractivity contribution is 5.70. The molecule has 2 rings (SSSR count). The number of methoxy groups -OCH3 is 1. The zero-order valence-electron chi connectivity index (χ0n) is 8.68. The molecule has 0 spiro atoms. The summed E-state index contributed by atoms with van der Waals surface area (Å²) < 4.78 is 18.2. The summed E-state index contributed by atoms with van der Waals surface area (Å²) in [6.45, 7) is 0. The van der Waals surface area contributed by atoms with Crippen molar-refractivity contribution in [1.82, 2.24) is 15.2 Å². The summed E-state index contributed by atoms with van der Waals surface area (Å²) in [5.74, 6) is -0.610. The van der Waals surface area contributed by atoms with Crippen LogP contribution >= 0.6 is 0 Å². The van der Waals surface area contributed by atoms with E-state index in [2.05, 4.69) is 15.2 Å². The average Bonchev–Trinajstić information content (AvgIpc) is 2.81. The number of benzene rings is 1. The summed E-state index contributed by atoms with van der Waals surface area (Å²) in [7, 11) is 1.26. The Hall–Kier alpha value is -2.51. The SMILES string of the molecule is COc1c(-c2ncn[nH]2)cc(F)cc1[N+](=O)[O-]. The van der Waals surface area contributed by atoms with E-state index in [4.69, 9.17) is 4.74 Å². The molecule has 1 heterocycles. The van der Waals surface area contributed by atoms with Gasteiger partial charge >= 0.3 is 5.69 Å². The molecule has 0 unspecified atom stereocenters. The van der Waals surface area contributed by atoms with Crippen LogP contribution in [0.5, 0.6) is 5.75 Å². The van der Waals surface area contributed by atoms with Gasteiger partial charge < -0.3 is 4.74 Å². The van der Waals surface area contributed by atoms with Crippen molar-refractivity contribution in [2.24, 2.45) is 0 Å². The van der Waals surface area contributed by atoms with Gasteiger partial charge in [0.15, 0.2) is 5.82 Å². The van der Waals surface area contributed by atoms with E-state index in [0.29, 0.717) is 0 Å². The number of hydrogen-bond acceptors (Lipinski definition) is 5.